The molecule has 0 N–H and O–H groups in total. The summed E-state index contributed by atoms with van der Waals surface area (Å²) < 4.78 is 12.4. The Morgan fingerprint density at radius 1 is 0.469 bits per heavy atom. The summed E-state index contributed by atoms with van der Waals surface area (Å²) >= 11 is 0. The highest BCUT2D eigenvalue weighted by Crippen LogP contribution is 2.40. The van der Waals surface area contributed by atoms with Gasteiger partial charge in [0.1, 0.15) is 16.7 Å². The Hall–Kier alpha value is -6.90. The molecular weight excluding hydrogens is 603 g/mol. The number of furan rings is 1. The first-order valence-corrected chi connectivity index (χ1v) is 16.1. The van der Waals surface area contributed by atoms with Crippen LogP contribution in [0.2, 0.25) is 0 Å². The number of hydrogen-bond acceptors (Lipinski definition) is 5. The van der Waals surface area contributed by atoms with Gasteiger partial charge in [-0.1, -0.05) is 84.9 Å². The molecule has 0 saturated heterocycles. The van der Waals surface area contributed by atoms with Gasteiger partial charge >= 0.3 is 0 Å². The first kappa shape index (κ1) is 28.3. The molecule has 5 heteroatoms. The standard InChI is InChI=1S/C44H27N3O2/c45-28-29-12-14-30(15-13-29)31-16-22-34(23-17-31)47(36-26-20-33(21-27-36)44-46-40-9-2-4-11-42(40)49-44)35-24-18-32(19-25-35)37-7-5-8-39-38-6-1-3-10-41(38)48-43(37)39/h1-27H. The molecule has 49 heavy (non-hydrogen) atoms. The second kappa shape index (κ2) is 11.7. The van der Waals surface area contributed by atoms with Gasteiger partial charge in [0.2, 0.25) is 5.89 Å². The minimum atomic E-state index is 0.593. The first-order valence-electron chi connectivity index (χ1n) is 16.1. The molecule has 0 bridgehead atoms. The van der Waals surface area contributed by atoms with Crippen molar-refractivity contribution in [1.29, 1.82) is 5.26 Å². The van der Waals surface area contributed by atoms with Crippen LogP contribution in [0.3, 0.4) is 0 Å². The molecule has 0 aliphatic carbocycles. The van der Waals surface area contributed by atoms with Crippen LogP contribution in [0.5, 0.6) is 0 Å². The molecule has 2 aromatic heterocycles. The predicted molar refractivity (Wildman–Crippen MR) is 197 cm³/mol. The number of rotatable bonds is 6. The Bertz CT molecular complexity index is 2610. The highest BCUT2D eigenvalue weighted by atomic mass is 16.3. The zero-order chi connectivity index (χ0) is 32.7. The average Bonchev–Trinajstić information content (AvgIpc) is 3.78. The van der Waals surface area contributed by atoms with Crippen molar-refractivity contribution in [3.05, 3.63) is 169 Å². The van der Waals surface area contributed by atoms with Gasteiger partial charge in [-0.25, -0.2) is 4.98 Å². The summed E-state index contributed by atoms with van der Waals surface area (Å²) in [5.41, 5.74) is 12.2. The minimum absolute atomic E-state index is 0.593. The number of benzene rings is 7. The quantitative estimate of drug-likeness (QED) is 0.183. The van der Waals surface area contributed by atoms with Crippen molar-refractivity contribution >= 4 is 50.1 Å². The van der Waals surface area contributed by atoms with Crippen LogP contribution in [0.1, 0.15) is 5.56 Å². The van der Waals surface area contributed by atoms with Gasteiger partial charge in [0.15, 0.2) is 5.58 Å². The van der Waals surface area contributed by atoms with E-state index in [9.17, 15) is 5.26 Å². The SMILES string of the molecule is N#Cc1ccc(-c2ccc(N(c3ccc(-c4nc5ccccc5o4)cc3)c3ccc(-c4cccc5c4oc4ccccc45)cc3)cc2)cc1. The van der Waals surface area contributed by atoms with Crippen molar-refractivity contribution in [3.63, 3.8) is 0 Å². The molecule has 0 unspecified atom stereocenters. The molecule has 0 amide bonds. The summed E-state index contributed by atoms with van der Waals surface area (Å²) in [6.07, 6.45) is 0. The maximum atomic E-state index is 9.22. The van der Waals surface area contributed by atoms with Gasteiger partial charge in [-0.05, 0) is 95.6 Å². The fourth-order valence-electron chi connectivity index (χ4n) is 6.50. The van der Waals surface area contributed by atoms with Crippen molar-refractivity contribution in [2.75, 3.05) is 4.90 Å². The van der Waals surface area contributed by atoms with Crippen LogP contribution < -0.4 is 4.90 Å². The monoisotopic (exact) mass is 629 g/mol. The molecule has 0 aliphatic heterocycles. The molecule has 2 heterocycles. The second-order valence-electron chi connectivity index (χ2n) is 11.9. The highest BCUT2D eigenvalue weighted by molar-refractivity contribution is 6.09. The van der Waals surface area contributed by atoms with Gasteiger partial charge in [0.25, 0.3) is 0 Å². The van der Waals surface area contributed by atoms with E-state index >= 15 is 0 Å². The molecule has 9 aromatic rings. The first-order chi connectivity index (χ1) is 24.2. The van der Waals surface area contributed by atoms with Crippen LogP contribution in [0.25, 0.3) is 66.7 Å². The lowest BCUT2D eigenvalue weighted by atomic mass is 10.0. The van der Waals surface area contributed by atoms with E-state index < -0.39 is 0 Å². The van der Waals surface area contributed by atoms with Crippen LogP contribution in [-0.4, -0.2) is 4.98 Å². The van der Waals surface area contributed by atoms with Crippen molar-refractivity contribution in [2.24, 2.45) is 0 Å². The van der Waals surface area contributed by atoms with E-state index in [1.807, 2.05) is 66.7 Å². The Morgan fingerprint density at radius 3 is 1.67 bits per heavy atom. The highest BCUT2D eigenvalue weighted by Gasteiger charge is 2.17. The second-order valence-corrected chi connectivity index (χ2v) is 11.9. The Balaban J connectivity index is 1.10. The van der Waals surface area contributed by atoms with Crippen LogP contribution in [0.4, 0.5) is 17.1 Å². The molecule has 0 spiro atoms. The Kier molecular flexibility index (Phi) is 6.78. The lowest BCUT2D eigenvalue weighted by molar-refractivity contribution is 0.620. The Labute approximate surface area is 282 Å². The number of nitrogens with zero attached hydrogens (tertiary/aromatic N) is 3. The lowest BCUT2D eigenvalue weighted by Crippen LogP contribution is -2.09. The van der Waals surface area contributed by atoms with Crippen molar-refractivity contribution in [3.8, 4) is 39.8 Å². The fourth-order valence-corrected chi connectivity index (χ4v) is 6.50. The predicted octanol–water partition coefficient (Wildman–Crippen LogP) is 12.1. The van der Waals surface area contributed by atoms with Crippen LogP contribution in [0, 0.1) is 11.3 Å². The number of oxazole rings is 1. The third kappa shape index (κ3) is 5.09. The number of fused-ring (bicyclic) bond motifs is 4. The molecule has 5 nitrogen and oxygen atoms in total. The van der Waals surface area contributed by atoms with E-state index in [1.165, 1.54) is 0 Å². The van der Waals surface area contributed by atoms with Gasteiger partial charge < -0.3 is 13.7 Å². The maximum Gasteiger partial charge on any atom is 0.227 e. The number of nitriles is 1. The van der Waals surface area contributed by atoms with Gasteiger partial charge in [0.05, 0.1) is 11.6 Å². The van der Waals surface area contributed by atoms with E-state index in [0.717, 1.165) is 77.9 Å². The molecule has 7 aromatic carbocycles. The zero-order valence-electron chi connectivity index (χ0n) is 26.2. The van der Waals surface area contributed by atoms with Gasteiger partial charge in [-0.3, -0.25) is 0 Å². The normalized spacial score (nSPS) is 11.2. The lowest BCUT2D eigenvalue weighted by Gasteiger charge is -2.26. The third-order valence-corrected chi connectivity index (χ3v) is 8.98. The minimum Gasteiger partial charge on any atom is -0.455 e. The molecule has 0 fully saturated rings. The number of aromatic nitrogens is 1. The maximum absolute atomic E-state index is 9.22. The van der Waals surface area contributed by atoms with Crippen LogP contribution in [-0.2, 0) is 0 Å². The van der Waals surface area contributed by atoms with Crippen molar-refractivity contribution < 1.29 is 8.83 Å². The molecule has 0 saturated carbocycles. The molecule has 230 valence electrons. The van der Waals surface area contributed by atoms with E-state index in [-0.39, 0.29) is 0 Å². The molecule has 0 aliphatic rings. The van der Waals surface area contributed by atoms with Crippen LogP contribution in [0.15, 0.2) is 173 Å². The summed E-state index contributed by atoms with van der Waals surface area (Å²) in [6, 6.07) is 57.6. The molecule has 9 rings (SSSR count). The zero-order valence-corrected chi connectivity index (χ0v) is 26.2. The molecule has 0 atom stereocenters. The van der Waals surface area contributed by atoms with Gasteiger partial charge in [-0.2, -0.15) is 5.26 Å². The van der Waals surface area contributed by atoms with Crippen LogP contribution >= 0.6 is 0 Å². The van der Waals surface area contributed by atoms with E-state index in [2.05, 4.69) is 108 Å². The summed E-state index contributed by atoms with van der Waals surface area (Å²) in [5, 5.41) is 11.4. The van der Waals surface area contributed by atoms with Crippen molar-refractivity contribution in [1.82, 2.24) is 4.98 Å². The Morgan fingerprint density at radius 2 is 1.02 bits per heavy atom. The van der Waals surface area contributed by atoms with E-state index in [1.54, 1.807) is 0 Å². The third-order valence-electron chi connectivity index (χ3n) is 8.98. The smallest absolute Gasteiger partial charge is 0.227 e. The van der Waals surface area contributed by atoms with Crippen molar-refractivity contribution in [2.45, 2.75) is 0 Å². The number of para-hydroxylation sites is 4. The van der Waals surface area contributed by atoms with E-state index in [4.69, 9.17) is 13.8 Å². The molecular formula is C44H27N3O2. The van der Waals surface area contributed by atoms with E-state index in [0.29, 0.717) is 11.5 Å². The summed E-state index contributed by atoms with van der Waals surface area (Å²) in [7, 11) is 0. The largest absolute Gasteiger partial charge is 0.455 e. The number of anilines is 3. The average molecular weight is 630 g/mol. The molecule has 0 radical (unpaired) electrons. The number of hydrogen-bond donors (Lipinski definition) is 0. The summed E-state index contributed by atoms with van der Waals surface area (Å²) in [6.45, 7) is 0. The summed E-state index contributed by atoms with van der Waals surface area (Å²) in [5.74, 6) is 0.593. The fraction of sp³-hybridized carbons (Fsp3) is 0. The van der Waals surface area contributed by atoms with Gasteiger partial charge in [-0.15, -0.1) is 0 Å². The van der Waals surface area contributed by atoms with Gasteiger partial charge in [0, 0.05) is 39.0 Å². The topological polar surface area (TPSA) is 66.2 Å². The summed E-state index contributed by atoms with van der Waals surface area (Å²) in [4.78, 5) is 6.93.